The van der Waals surface area contributed by atoms with Crippen molar-refractivity contribution in [2.24, 2.45) is 0 Å². The SMILES string of the molecule is COC1CCC(N2CC(=O)NCC2=O)C1. The molecule has 2 rings (SSSR count). The topological polar surface area (TPSA) is 58.6 Å². The van der Waals surface area contributed by atoms with Crippen molar-refractivity contribution in [2.75, 3.05) is 20.2 Å². The quantitative estimate of drug-likeness (QED) is 0.672. The molecule has 2 amide bonds. The summed E-state index contributed by atoms with van der Waals surface area (Å²) in [7, 11) is 1.69. The Morgan fingerprint density at radius 1 is 1.40 bits per heavy atom. The summed E-state index contributed by atoms with van der Waals surface area (Å²) in [6.07, 6.45) is 3.02. The first-order valence-electron chi connectivity index (χ1n) is 5.29. The number of ether oxygens (including phenoxy) is 1. The molecule has 84 valence electrons. The van der Waals surface area contributed by atoms with Gasteiger partial charge in [0.1, 0.15) is 0 Å². The zero-order valence-electron chi connectivity index (χ0n) is 8.86. The molecule has 0 bridgehead atoms. The van der Waals surface area contributed by atoms with Crippen molar-refractivity contribution in [1.29, 1.82) is 0 Å². The van der Waals surface area contributed by atoms with Crippen LogP contribution in [0.5, 0.6) is 0 Å². The van der Waals surface area contributed by atoms with Crippen LogP contribution < -0.4 is 5.32 Å². The molecular formula is C10H16N2O3. The minimum Gasteiger partial charge on any atom is -0.381 e. The van der Waals surface area contributed by atoms with Gasteiger partial charge in [-0.2, -0.15) is 0 Å². The largest absolute Gasteiger partial charge is 0.381 e. The van der Waals surface area contributed by atoms with E-state index in [9.17, 15) is 9.59 Å². The first-order chi connectivity index (χ1) is 7.20. The zero-order chi connectivity index (χ0) is 10.8. The number of carbonyl (C=O) groups is 2. The van der Waals surface area contributed by atoms with Crippen molar-refractivity contribution in [3.8, 4) is 0 Å². The number of carbonyl (C=O) groups excluding carboxylic acids is 2. The van der Waals surface area contributed by atoms with Gasteiger partial charge in [-0.1, -0.05) is 0 Å². The summed E-state index contributed by atoms with van der Waals surface area (Å²) in [5, 5.41) is 2.55. The van der Waals surface area contributed by atoms with Crippen molar-refractivity contribution in [2.45, 2.75) is 31.4 Å². The fourth-order valence-corrected chi connectivity index (χ4v) is 2.32. The molecule has 1 heterocycles. The monoisotopic (exact) mass is 212 g/mol. The third-order valence-corrected chi connectivity index (χ3v) is 3.20. The second-order valence-electron chi connectivity index (χ2n) is 4.12. The van der Waals surface area contributed by atoms with Gasteiger partial charge in [-0.3, -0.25) is 9.59 Å². The molecule has 2 aliphatic rings. The number of hydrogen-bond acceptors (Lipinski definition) is 3. The van der Waals surface area contributed by atoms with Gasteiger partial charge in [-0.25, -0.2) is 0 Å². The molecule has 1 saturated heterocycles. The summed E-state index contributed by atoms with van der Waals surface area (Å²) in [5.41, 5.74) is 0. The predicted molar refractivity (Wildman–Crippen MR) is 53.2 cm³/mol. The number of nitrogens with one attached hydrogen (secondary N) is 1. The third-order valence-electron chi connectivity index (χ3n) is 3.20. The Morgan fingerprint density at radius 3 is 2.87 bits per heavy atom. The molecule has 1 N–H and O–H groups in total. The zero-order valence-corrected chi connectivity index (χ0v) is 8.86. The van der Waals surface area contributed by atoms with Gasteiger partial charge in [0, 0.05) is 13.2 Å². The molecule has 0 spiro atoms. The minimum absolute atomic E-state index is 0.0244. The average molecular weight is 212 g/mol. The number of nitrogens with zero attached hydrogens (tertiary/aromatic N) is 1. The fraction of sp³-hybridized carbons (Fsp3) is 0.800. The van der Waals surface area contributed by atoms with Crippen molar-refractivity contribution < 1.29 is 14.3 Å². The molecule has 2 fully saturated rings. The minimum atomic E-state index is -0.0598. The number of hydrogen-bond donors (Lipinski definition) is 1. The Morgan fingerprint density at radius 2 is 2.20 bits per heavy atom. The molecule has 0 radical (unpaired) electrons. The van der Waals surface area contributed by atoms with Crippen LogP contribution in [-0.4, -0.2) is 49.1 Å². The van der Waals surface area contributed by atoms with E-state index in [1.54, 1.807) is 12.0 Å². The summed E-state index contributed by atoms with van der Waals surface area (Å²) in [4.78, 5) is 24.5. The summed E-state index contributed by atoms with van der Waals surface area (Å²) in [5.74, 6) is -0.0354. The van der Waals surface area contributed by atoms with Gasteiger partial charge in [0.05, 0.1) is 19.2 Å². The predicted octanol–water partition coefficient (Wildman–Crippen LogP) is -0.488. The Balaban J connectivity index is 1.97. The Labute approximate surface area is 88.8 Å². The van der Waals surface area contributed by atoms with Crippen LogP contribution in [0.1, 0.15) is 19.3 Å². The molecule has 0 aromatic rings. The highest BCUT2D eigenvalue weighted by Crippen LogP contribution is 2.26. The first-order valence-corrected chi connectivity index (χ1v) is 5.29. The summed E-state index contributed by atoms with van der Waals surface area (Å²) in [6.45, 7) is 0.354. The molecule has 1 saturated carbocycles. The summed E-state index contributed by atoms with van der Waals surface area (Å²) in [6, 6.07) is 0.188. The molecule has 2 atom stereocenters. The summed E-state index contributed by atoms with van der Waals surface area (Å²) >= 11 is 0. The highest BCUT2D eigenvalue weighted by atomic mass is 16.5. The average Bonchev–Trinajstić information content (AvgIpc) is 2.70. The van der Waals surface area contributed by atoms with Crippen molar-refractivity contribution >= 4 is 11.8 Å². The van der Waals surface area contributed by atoms with Crippen LogP contribution in [0.3, 0.4) is 0 Å². The lowest BCUT2D eigenvalue weighted by Gasteiger charge is -2.32. The van der Waals surface area contributed by atoms with Crippen molar-refractivity contribution in [3.63, 3.8) is 0 Å². The number of methoxy groups -OCH3 is 1. The van der Waals surface area contributed by atoms with Gasteiger partial charge in [-0.15, -0.1) is 0 Å². The Bertz CT molecular complexity index is 280. The van der Waals surface area contributed by atoms with E-state index >= 15 is 0 Å². The molecule has 1 aliphatic carbocycles. The number of rotatable bonds is 2. The van der Waals surface area contributed by atoms with Gasteiger partial charge in [0.25, 0.3) is 0 Å². The van der Waals surface area contributed by atoms with Gasteiger partial charge < -0.3 is 15.0 Å². The maximum atomic E-state index is 11.6. The van der Waals surface area contributed by atoms with E-state index in [0.29, 0.717) is 0 Å². The van der Waals surface area contributed by atoms with Gasteiger partial charge in [0.15, 0.2) is 0 Å². The van der Waals surface area contributed by atoms with Crippen LogP contribution in [-0.2, 0) is 14.3 Å². The van der Waals surface area contributed by atoms with Gasteiger partial charge in [0.2, 0.25) is 11.8 Å². The Kier molecular flexibility index (Phi) is 2.90. The van der Waals surface area contributed by atoms with Gasteiger partial charge >= 0.3 is 0 Å². The molecule has 2 unspecified atom stereocenters. The van der Waals surface area contributed by atoms with Crippen LogP contribution in [0.25, 0.3) is 0 Å². The lowest BCUT2D eigenvalue weighted by molar-refractivity contribution is -0.142. The van der Waals surface area contributed by atoms with E-state index in [-0.39, 0.29) is 37.0 Å². The van der Waals surface area contributed by atoms with Crippen LogP contribution in [0.15, 0.2) is 0 Å². The van der Waals surface area contributed by atoms with Crippen molar-refractivity contribution in [1.82, 2.24) is 10.2 Å². The normalized spacial score (nSPS) is 31.9. The molecule has 1 aliphatic heterocycles. The fourth-order valence-electron chi connectivity index (χ4n) is 2.32. The van der Waals surface area contributed by atoms with Gasteiger partial charge in [-0.05, 0) is 19.3 Å². The van der Waals surface area contributed by atoms with E-state index in [1.165, 1.54) is 0 Å². The van der Waals surface area contributed by atoms with E-state index in [4.69, 9.17) is 4.74 Å². The second-order valence-corrected chi connectivity index (χ2v) is 4.12. The van der Waals surface area contributed by atoms with E-state index in [0.717, 1.165) is 19.3 Å². The molecule has 0 aromatic carbocycles. The maximum absolute atomic E-state index is 11.6. The number of piperazine rings is 1. The van der Waals surface area contributed by atoms with Crippen LogP contribution in [0, 0.1) is 0 Å². The maximum Gasteiger partial charge on any atom is 0.242 e. The standard InChI is InChI=1S/C10H16N2O3/c1-15-8-3-2-7(4-8)12-6-9(13)11-5-10(12)14/h7-8H,2-6H2,1H3,(H,11,13). The van der Waals surface area contributed by atoms with Crippen LogP contribution in [0.4, 0.5) is 0 Å². The first kappa shape index (κ1) is 10.4. The second kappa shape index (κ2) is 4.18. The molecule has 5 nitrogen and oxygen atoms in total. The molecule has 5 heteroatoms. The lowest BCUT2D eigenvalue weighted by Crippen LogP contribution is -2.54. The summed E-state index contributed by atoms with van der Waals surface area (Å²) < 4.78 is 5.26. The third kappa shape index (κ3) is 2.12. The highest BCUT2D eigenvalue weighted by Gasteiger charge is 2.34. The van der Waals surface area contributed by atoms with Crippen LogP contribution in [0.2, 0.25) is 0 Å². The molecule has 15 heavy (non-hydrogen) atoms. The molecule has 0 aromatic heterocycles. The van der Waals surface area contributed by atoms with Crippen molar-refractivity contribution in [3.05, 3.63) is 0 Å². The lowest BCUT2D eigenvalue weighted by atomic mass is 10.2. The Hall–Kier alpha value is -1.10. The highest BCUT2D eigenvalue weighted by molar-refractivity contribution is 5.92. The van der Waals surface area contributed by atoms with Crippen LogP contribution >= 0.6 is 0 Å². The smallest absolute Gasteiger partial charge is 0.242 e. The molecular weight excluding hydrogens is 196 g/mol. The van der Waals surface area contributed by atoms with E-state index in [2.05, 4.69) is 5.32 Å². The van der Waals surface area contributed by atoms with E-state index in [1.807, 2.05) is 0 Å². The number of amides is 2. The van der Waals surface area contributed by atoms with E-state index < -0.39 is 0 Å².